The van der Waals surface area contributed by atoms with Crippen LogP contribution in [0.4, 0.5) is 11.4 Å². The number of imidazole rings is 1. The number of nitrogens with one attached hydrogen (secondary N) is 2. The highest BCUT2D eigenvalue weighted by atomic mass is 35.5. The second-order valence-electron chi connectivity index (χ2n) is 5.64. The van der Waals surface area contributed by atoms with Gasteiger partial charge in [0.25, 0.3) is 0 Å². The third-order valence-electron chi connectivity index (χ3n) is 3.69. The molecule has 8 heteroatoms. The molecule has 0 saturated carbocycles. The molecular formula is C19H17ClN4O3. The molecule has 0 radical (unpaired) electrons. The summed E-state index contributed by atoms with van der Waals surface area (Å²) in [7, 11) is 1.50. The lowest BCUT2D eigenvalue weighted by molar-refractivity contribution is -0.114. The number of anilines is 2. The van der Waals surface area contributed by atoms with Gasteiger partial charge in [-0.05, 0) is 36.4 Å². The minimum atomic E-state index is -0.351. The third kappa shape index (κ3) is 4.27. The van der Waals surface area contributed by atoms with Gasteiger partial charge in [0.2, 0.25) is 11.8 Å². The molecule has 0 unspecified atom stereocenters. The number of aromatic nitrogens is 2. The first-order valence-corrected chi connectivity index (χ1v) is 8.43. The lowest BCUT2D eigenvalue weighted by atomic mass is 10.2. The largest absolute Gasteiger partial charge is 0.495 e. The average molecular weight is 385 g/mol. The molecule has 2 heterocycles. The summed E-state index contributed by atoms with van der Waals surface area (Å²) in [6.45, 7) is 1.40. The van der Waals surface area contributed by atoms with Crippen LogP contribution in [0.5, 0.6) is 5.75 Å². The minimum absolute atomic E-state index is 0.237. The Morgan fingerprint density at radius 2 is 2.04 bits per heavy atom. The molecule has 7 nitrogen and oxygen atoms in total. The van der Waals surface area contributed by atoms with Crippen LogP contribution in [0.25, 0.3) is 11.7 Å². The van der Waals surface area contributed by atoms with Crippen molar-refractivity contribution < 1.29 is 14.3 Å². The topological polar surface area (TPSA) is 84.7 Å². The number of ether oxygens (including phenoxy) is 1. The van der Waals surface area contributed by atoms with Crippen molar-refractivity contribution in [1.29, 1.82) is 0 Å². The van der Waals surface area contributed by atoms with Gasteiger partial charge in [0.05, 0.1) is 18.5 Å². The zero-order chi connectivity index (χ0) is 19.4. The summed E-state index contributed by atoms with van der Waals surface area (Å²) in [5, 5.41) is 5.70. The van der Waals surface area contributed by atoms with Crippen LogP contribution >= 0.6 is 11.6 Å². The van der Waals surface area contributed by atoms with E-state index in [4.69, 9.17) is 16.3 Å². The van der Waals surface area contributed by atoms with Crippen LogP contribution in [-0.4, -0.2) is 28.3 Å². The normalized spacial score (nSPS) is 10.9. The molecule has 0 aliphatic rings. The first kappa shape index (κ1) is 18.5. The van der Waals surface area contributed by atoms with Crippen LogP contribution in [-0.2, 0) is 9.59 Å². The van der Waals surface area contributed by atoms with E-state index in [1.807, 2.05) is 24.4 Å². The van der Waals surface area contributed by atoms with Crippen molar-refractivity contribution in [2.75, 3.05) is 17.7 Å². The molecule has 27 heavy (non-hydrogen) atoms. The SMILES string of the molecule is COc1ccc(NC(=O)/C=C/c2c(Cl)nc3ccccn23)cc1NC(C)=O. The molecule has 138 valence electrons. The highest BCUT2D eigenvalue weighted by molar-refractivity contribution is 6.31. The van der Waals surface area contributed by atoms with E-state index in [-0.39, 0.29) is 11.8 Å². The van der Waals surface area contributed by atoms with Crippen LogP contribution < -0.4 is 15.4 Å². The van der Waals surface area contributed by atoms with Gasteiger partial charge in [-0.25, -0.2) is 4.98 Å². The van der Waals surface area contributed by atoms with E-state index in [0.717, 1.165) is 0 Å². The molecule has 3 rings (SSSR count). The molecule has 0 spiro atoms. The van der Waals surface area contributed by atoms with Gasteiger partial charge >= 0.3 is 0 Å². The van der Waals surface area contributed by atoms with Crippen molar-refractivity contribution in [2.24, 2.45) is 0 Å². The van der Waals surface area contributed by atoms with E-state index >= 15 is 0 Å². The second-order valence-corrected chi connectivity index (χ2v) is 5.99. The number of rotatable bonds is 5. The van der Waals surface area contributed by atoms with Gasteiger partial charge in [-0.15, -0.1) is 0 Å². The summed E-state index contributed by atoms with van der Waals surface area (Å²) < 4.78 is 6.98. The number of pyridine rings is 1. The maximum absolute atomic E-state index is 12.3. The van der Waals surface area contributed by atoms with Gasteiger partial charge < -0.3 is 15.4 Å². The molecule has 2 aromatic heterocycles. The van der Waals surface area contributed by atoms with Crippen molar-refractivity contribution in [3.63, 3.8) is 0 Å². The van der Waals surface area contributed by atoms with Crippen molar-refractivity contribution in [1.82, 2.24) is 9.38 Å². The number of carbonyl (C=O) groups is 2. The number of methoxy groups -OCH3 is 1. The Labute approximate surface area is 160 Å². The van der Waals surface area contributed by atoms with Crippen LogP contribution in [0.3, 0.4) is 0 Å². The Morgan fingerprint density at radius 3 is 2.78 bits per heavy atom. The second kappa shape index (κ2) is 7.92. The predicted octanol–water partition coefficient (Wildman–Crippen LogP) is 3.61. The van der Waals surface area contributed by atoms with E-state index in [0.29, 0.717) is 33.6 Å². The average Bonchev–Trinajstić information content (AvgIpc) is 2.95. The van der Waals surface area contributed by atoms with Crippen molar-refractivity contribution in [3.8, 4) is 5.75 Å². The number of nitrogens with zero attached hydrogens (tertiary/aromatic N) is 2. The minimum Gasteiger partial charge on any atom is -0.495 e. The molecule has 0 saturated heterocycles. The first-order valence-electron chi connectivity index (χ1n) is 8.05. The fourth-order valence-electron chi connectivity index (χ4n) is 2.55. The van der Waals surface area contributed by atoms with E-state index in [2.05, 4.69) is 15.6 Å². The number of benzene rings is 1. The first-order chi connectivity index (χ1) is 13.0. The molecule has 3 aromatic rings. The van der Waals surface area contributed by atoms with Crippen LogP contribution in [0.1, 0.15) is 12.6 Å². The number of hydrogen-bond acceptors (Lipinski definition) is 4. The smallest absolute Gasteiger partial charge is 0.248 e. The van der Waals surface area contributed by atoms with Crippen LogP contribution in [0.15, 0.2) is 48.7 Å². The van der Waals surface area contributed by atoms with E-state index < -0.39 is 0 Å². The Morgan fingerprint density at radius 1 is 1.22 bits per heavy atom. The highest BCUT2D eigenvalue weighted by Gasteiger charge is 2.09. The number of fused-ring (bicyclic) bond motifs is 1. The third-order valence-corrected chi connectivity index (χ3v) is 3.97. The summed E-state index contributed by atoms with van der Waals surface area (Å²) in [6, 6.07) is 10.5. The summed E-state index contributed by atoms with van der Waals surface area (Å²) in [5.74, 6) is -0.0916. The Hall–Kier alpha value is -3.32. The maximum atomic E-state index is 12.3. The number of carbonyl (C=O) groups excluding carboxylic acids is 2. The maximum Gasteiger partial charge on any atom is 0.248 e. The Bertz CT molecular complexity index is 1040. The molecule has 0 atom stereocenters. The predicted molar refractivity (Wildman–Crippen MR) is 105 cm³/mol. The highest BCUT2D eigenvalue weighted by Crippen LogP contribution is 2.28. The van der Waals surface area contributed by atoms with E-state index in [9.17, 15) is 9.59 Å². The fourth-order valence-corrected chi connectivity index (χ4v) is 2.79. The molecule has 0 fully saturated rings. The van der Waals surface area contributed by atoms with Crippen molar-refractivity contribution >= 4 is 46.5 Å². The van der Waals surface area contributed by atoms with Gasteiger partial charge in [-0.1, -0.05) is 17.7 Å². The van der Waals surface area contributed by atoms with E-state index in [1.165, 1.54) is 20.1 Å². The Kier molecular flexibility index (Phi) is 5.42. The molecule has 2 N–H and O–H groups in total. The zero-order valence-corrected chi connectivity index (χ0v) is 15.4. The fraction of sp³-hybridized carbons (Fsp3) is 0.105. The van der Waals surface area contributed by atoms with Gasteiger partial charge in [0.15, 0.2) is 5.15 Å². The summed E-state index contributed by atoms with van der Waals surface area (Å²) in [6.07, 6.45) is 4.77. The molecule has 0 aliphatic carbocycles. The van der Waals surface area contributed by atoms with Gasteiger partial charge in [0, 0.05) is 24.9 Å². The molecular weight excluding hydrogens is 368 g/mol. The number of hydrogen-bond donors (Lipinski definition) is 2. The zero-order valence-electron chi connectivity index (χ0n) is 14.7. The quantitative estimate of drug-likeness (QED) is 0.658. The van der Waals surface area contributed by atoms with Crippen LogP contribution in [0.2, 0.25) is 5.15 Å². The Balaban J connectivity index is 1.78. The summed E-state index contributed by atoms with van der Waals surface area (Å²) in [5.41, 5.74) is 2.28. The molecule has 0 aliphatic heterocycles. The lowest BCUT2D eigenvalue weighted by Gasteiger charge is -2.11. The van der Waals surface area contributed by atoms with Gasteiger partial charge in [-0.2, -0.15) is 0 Å². The molecule has 1 aromatic carbocycles. The standard InChI is InChI=1S/C19H17ClN4O3/c1-12(25)21-14-11-13(6-8-16(14)27-2)22-18(26)9-7-15-19(20)23-17-5-3-4-10-24(15)17/h3-11H,1-2H3,(H,21,25)(H,22,26)/b9-7+. The van der Waals surface area contributed by atoms with Gasteiger partial charge in [-0.3, -0.25) is 14.0 Å². The van der Waals surface area contributed by atoms with E-state index in [1.54, 1.807) is 28.7 Å². The monoisotopic (exact) mass is 384 g/mol. The summed E-state index contributed by atoms with van der Waals surface area (Å²) in [4.78, 5) is 27.8. The van der Waals surface area contributed by atoms with Crippen molar-refractivity contribution in [3.05, 3.63) is 59.5 Å². The number of halogens is 1. The van der Waals surface area contributed by atoms with Crippen LogP contribution in [0, 0.1) is 0 Å². The summed E-state index contributed by atoms with van der Waals surface area (Å²) >= 11 is 6.14. The molecule has 2 amide bonds. The van der Waals surface area contributed by atoms with Crippen molar-refractivity contribution in [2.45, 2.75) is 6.92 Å². The van der Waals surface area contributed by atoms with Gasteiger partial charge in [0.1, 0.15) is 11.4 Å². The molecule has 0 bridgehead atoms. The number of amides is 2. The lowest BCUT2D eigenvalue weighted by Crippen LogP contribution is -2.10.